The van der Waals surface area contributed by atoms with E-state index in [1.807, 2.05) is 24.3 Å². The Kier molecular flexibility index (Phi) is 3.41. The van der Waals surface area contributed by atoms with Gasteiger partial charge in [0.25, 0.3) is 0 Å². The summed E-state index contributed by atoms with van der Waals surface area (Å²) in [6.07, 6.45) is 1.76. The summed E-state index contributed by atoms with van der Waals surface area (Å²) in [7, 11) is 0. The van der Waals surface area contributed by atoms with Crippen molar-refractivity contribution in [2.45, 2.75) is 0 Å². The molecule has 0 saturated carbocycles. The van der Waals surface area contributed by atoms with E-state index in [1.54, 1.807) is 18.2 Å². The number of thiazole rings is 1. The number of benzene rings is 2. The first-order chi connectivity index (χ1) is 11.2. The molecule has 0 N–H and O–H groups in total. The van der Waals surface area contributed by atoms with Crippen molar-refractivity contribution in [2.24, 2.45) is 0 Å². The van der Waals surface area contributed by atoms with Crippen LogP contribution in [0, 0.1) is 11.3 Å². The number of nitrogens with zero attached hydrogens (tertiary/aromatic N) is 2. The van der Waals surface area contributed by atoms with Crippen molar-refractivity contribution < 1.29 is 9.47 Å². The number of para-hydroxylation sites is 1. The molecule has 0 saturated heterocycles. The van der Waals surface area contributed by atoms with Gasteiger partial charge in [-0.2, -0.15) is 5.26 Å². The lowest BCUT2D eigenvalue weighted by atomic mass is 10.1. The summed E-state index contributed by atoms with van der Waals surface area (Å²) in [5.41, 5.74) is 2.15. The third-order valence-corrected chi connectivity index (χ3v) is 4.76. The minimum atomic E-state index is 0.158. The van der Waals surface area contributed by atoms with Crippen molar-refractivity contribution >= 4 is 44.8 Å². The highest BCUT2D eigenvalue weighted by molar-refractivity contribution is 7.19. The molecule has 6 heteroatoms. The van der Waals surface area contributed by atoms with E-state index in [9.17, 15) is 5.26 Å². The van der Waals surface area contributed by atoms with Crippen molar-refractivity contribution in [3.8, 4) is 17.6 Å². The monoisotopic (exact) mass is 340 g/mol. The van der Waals surface area contributed by atoms with Crippen molar-refractivity contribution in [1.82, 2.24) is 4.98 Å². The normalized spacial score (nSPS) is 13.3. The number of hydrogen-bond donors (Lipinski definition) is 0. The van der Waals surface area contributed by atoms with E-state index in [0.29, 0.717) is 27.1 Å². The Hall–Kier alpha value is -2.55. The maximum Gasteiger partial charge on any atom is 0.231 e. The first-order valence-corrected chi connectivity index (χ1v) is 8.01. The highest BCUT2D eigenvalue weighted by atomic mass is 35.5. The van der Waals surface area contributed by atoms with Gasteiger partial charge in [-0.25, -0.2) is 4.98 Å². The molecule has 0 bridgehead atoms. The fourth-order valence-electron chi connectivity index (χ4n) is 2.37. The van der Waals surface area contributed by atoms with E-state index in [4.69, 9.17) is 21.1 Å². The highest BCUT2D eigenvalue weighted by Crippen LogP contribution is 2.40. The van der Waals surface area contributed by atoms with Crippen molar-refractivity contribution in [2.75, 3.05) is 6.79 Å². The molecule has 1 aromatic heterocycles. The number of ether oxygens (including phenoxy) is 2. The SMILES string of the molecule is N#C/C(=C\c1cc(Cl)c2c(c1)OCO2)c1nc2ccccc2s1. The molecule has 0 amide bonds. The summed E-state index contributed by atoms with van der Waals surface area (Å²) in [5, 5.41) is 10.6. The Labute approximate surface area is 141 Å². The molecule has 0 atom stereocenters. The first-order valence-electron chi connectivity index (χ1n) is 6.81. The second kappa shape index (κ2) is 5.58. The van der Waals surface area contributed by atoms with Crippen LogP contribution >= 0.6 is 22.9 Å². The molecular weight excluding hydrogens is 332 g/mol. The molecule has 3 aromatic rings. The van der Waals surface area contributed by atoms with Crippen LogP contribution < -0.4 is 9.47 Å². The van der Waals surface area contributed by atoms with E-state index >= 15 is 0 Å². The van der Waals surface area contributed by atoms with Crippen LogP contribution in [0.5, 0.6) is 11.5 Å². The Bertz CT molecular complexity index is 955. The van der Waals surface area contributed by atoms with Crippen molar-refractivity contribution in [1.29, 1.82) is 5.26 Å². The number of rotatable bonds is 2. The molecule has 4 nitrogen and oxygen atoms in total. The minimum absolute atomic E-state index is 0.158. The molecule has 1 aliphatic heterocycles. The average molecular weight is 341 g/mol. The van der Waals surface area contributed by atoms with Gasteiger partial charge >= 0.3 is 0 Å². The van der Waals surface area contributed by atoms with E-state index < -0.39 is 0 Å². The van der Waals surface area contributed by atoms with Crippen LogP contribution in [0.3, 0.4) is 0 Å². The lowest BCUT2D eigenvalue weighted by Crippen LogP contribution is -1.93. The molecule has 23 heavy (non-hydrogen) atoms. The Morgan fingerprint density at radius 1 is 1.30 bits per heavy atom. The fraction of sp³-hybridized carbons (Fsp3) is 0.0588. The molecule has 2 aromatic carbocycles. The van der Waals surface area contributed by atoms with E-state index in [1.165, 1.54) is 11.3 Å². The van der Waals surface area contributed by atoms with Crippen LogP contribution in [-0.2, 0) is 0 Å². The zero-order chi connectivity index (χ0) is 15.8. The lowest BCUT2D eigenvalue weighted by Gasteiger charge is -2.01. The third-order valence-electron chi connectivity index (χ3n) is 3.41. The van der Waals surface area contributed by atoms with Crippen LogP contribution in [0.25, 0.3) is 21.9 Å². The highest BCUT2D eigenvalue weighted by Gasteiger charge is 2.18. The molecule has 1 aliphatic rings. The van der Waals surface area contributed by atoms with Gasteiger partial charge in [0.1, 0.15) is 11.1 Å². The summed E-state index contributed by atoms with van der Waals surface area (Å²) < 4.78 is 11.7. The van der Waals surface area contributed by atoms with Gasteiger partial charge in [0.15, 0.2) is 11.5 Å². The summed E-state index contributed by atoms with van der Waals surface area (Å²) in [4.78, 5) is 4.51. The first kappa shape index (κ1) is 14.1. The lowest BCUT2D eigenvalue weighted by molar-refractivity contribution is 0.174. The minimum Gasteiger partial charge on any atom is -0.454 e. The summed E-state index contributed by atoms with van der Waals surface area (Å²) >= 11 is 7.67. The zero-order valence-electron chi connectivity index (χ0n) is 11.7. The van der Waals surface area contributed by atoms with E-state index in [-0.39, 0.29) is 6.79 Å². The molecule has 0 aliphatic carbocycles. The van der Waals surface area contributed by atoms with Gasteiger partial charge in [-0.15, -0.1) is 11.3 Å². The Morgan fingerprint density at radius 2 is 2.17 bits per heavy atom. The van der Waals surface area contributed by atoms with Crippen molar-refractivity contribution in [3.63, 3.8) is 0 Å². The van der Waals surface area contributed by atoms with E-state index in [2.05, 4.69) is 11.1 Å². The van der Waals surface area contributed by atoms with Gasteiger partial charge in [0, 0.05) is 0 Å². The molecule has 0 fully saturated rings. The van der Waals surface area contributed by atoms with Gasteiger partial charge in [0.2, 0.25) is 6.79 Å². The number of fused-ring (bicyclic) bond motifs is 2. The predicted octanol–water partition coefficient (Wildman–Crippen LogP) is 4.74. The fourth-order valence-corrected chi connectivity index (χ4v) is 3.57. The quantitative estimate of drug-likeness (QED) is 0.632. The van der Waals surface area contributed by atoms with Crippen LogP contribution in [0.15, 0.2) is 36.4 Å². The average Bonchev–Trinajstić information content (AvgIpc) is 3.18. The topological polar surface area (TPSA) is 55.1 Å². The maximum atomic E-state index is 9.49. The van der Waals surface area contributed by atoms with Gasteiger partial charge in [0.05, 0.1) is 20.8 Å². The van der Waals surface area contributed by atoms with Crippen molar-refractivity contribution in [3.05, 3.63) is 52.0 Å². The molecule has 2 heterocycles. The summed E-state index contributed by atoms with van der Waals surface area (Å²) in [5.74, 6) is 1.13. The van der Waals surface area contributed by atoms with Crippen LogP contribution in [0.4, 0.5) is 0 Å². The summed E-state index contributed by atoms with van der Waals surface area (Å²) in [6.45, 7) is 0.158. The van der Waals surface area contributed by atoms with Gasteiger partial charge in [-0.05, 0) is 35.9 Å². The van der Waals surface area contributed by atoms with Crippen LogP contribution in [-0.4, -0.2) is 11.8 Å². The standard InChI is InChI=1S/C17H9ClN2O2S/c18-12-6-10(7-14-16(12)22-9-21-14)5-11(8-19)17-20-13-3-1-2-4-15(13)23-17/h1-7H,9H2/b11-5+. The summed E-state index contributed by atoms with van der Waals surface area (Å²) in [6, 6.07) is 13.6. The molecule has 0 radical (unpaired) electrons. The molecule has 0 unspecified atom stereocenters. The molecule has 4 rings (SSSR count). The van der Waals surface area contributed by atoms with Gasteiger partial charge in [-0.3, -0.25) is 0 Å². The van der Waals surface area contributed by atoms with Gasteiger partial charge in [-0.1, -0.05) is 23.7 Å². The second-order valence-electron chi connectivity index (χ2n) is 4.89. The number of aromatic nitrogens is 1. The number of hydrogen-bond acceptors (Lipinski definition) is 5. The number of allylic oxidation sites excluding steroid dienone is 1. The Morgan fingerprint density at radius 3 is 3.00 bits per heavy atom. The smallest absolute Gasteiger partial charge is 0.231 e. The van der Waals surface area contributed by atoms with E-state index in [0.717, 1.165) is 15.8 Å². The molecule has 0 spiro atoms. The van der Waals surface area contributed by atoms with Gasteiger partial charge < -0.3 is 9.47 Å². The molecule has 112 valence electrons. The maximum absolute atomic E-state index is 9.49. The largest absolute Gasteiger partial charge is 0.454 e. The number of nitriles is 1. The molecular formula is C17H9ClN2O2S. The van der Waals surface area contributed by atoms with Crippen LogP contribution in [0.1, 0.15) is 10.6 Å². The second-order valence-corrected chi connectivity index (χ2v) is 6.33. The Balaban J connectivity index is 1.79. The number of halogens is 1. The van der Waals surface area contributed by atoms with Crippen LogP contribution in [0.2, 0.25) is 5.02 Å². The predicted molar refractivity (Wildman–Crippen MR) is 90.7 cm³/mol. The zero-order valence-corrected chi connectivity index (χ0v) is 13.3. The third kappa shape index (κ3) is 2.52.